The topological polar surface area (TPSA) is 86.1 Å². The number of benzene rings is 1. The lowest BCUT2D eigenvalue weighted by Crippen LogP contribution is -2.28. The van der Waals surface area contributed by atoms with Crippen LogP contribution in [0.25, 0.3) is 20.4 Å². The van der Waals surface area contributed by atoms with Crippen molar-refractivity contribution in [2.75, 3.05) is 23.9 Å². The van der Waals surface area contributed by atoms with Gasteiger partial charge in [0.1, 0.15) is 9.53 Å². The third-order valence-corrected chi connectivity index (χ3v) is 8.21. The Bertz CT molecular complexity index is 1380. The molecule has 1 N–H and O–H groups in total. The molecule has 1 unspecified atom stereocenters. The Morgan fingerprint density at radius 3 is 3.06 bits per heavy atom. The molecule has 33 heavy (non-hydrogen) atoms. The maximum absolute atomic E-state index is 13.4. The number of thioether (sulfide) groups is 2. The predicted octanol–water partition coefficient (Wildman–Crippen LogP) is 4.64. The Kier molecular flexibility index (Phi) is 6.68. The summed E-state index contributed by atoms with van der Waals surface area (Å²) in [4.78, 5) is 37.2. The Balaban J connectivity index is 1.45. The molecule has 0 aliphatic carbocycles. The second-order valence-electron chi connectivity index (χ2n) is 7.65. The molecule has 1 saturated heterocycles. The van der Waals surface area contributed by atoms with Crippen LogP contribution in [-0.4, -0.2) is 45.2 Å². The fraction of sp³-hybridized carbons (Fsp3) is 0.304. The molecule has 1 aliphatic heterocycles. The average Bonchev–Trinajstić information content (AvgIpc) is 3.48. The normalized spacial score (nSPS) is 16.0. The number of pyridine rings is 1. The molecule has 1 amide bonds. The van der Waals surface area contributed by atoms with E-state index in [0.29, 0.717) is 28.5 Å². The second kappa shape index (κ2) is 9.84. The number of amides is 1. The molecule has 0 saturated carbocycles. The Morgan fingerprint density at radius 1 is 1.33 bits per heavy atom. The largest absolute Gasteiger partial charge is 0.376 e. The van der Waals surface area contributed by atoms with Crippen LogP contribution in [0.5, 0.6) is 0 Å². The maximum Gasteiger partial charge on any atom is 0.272 e. The van der Waals surface area contributed by atoms with E-state index < -0.39 is 0 Å². The van der Waals surface area contributed by atoms with Gasteiger partial charge in [-0.25, -0.2) is 9.97 Å². The standard InChI is InChI=1S/C23H22N4O3S3/c1-31-16-7-2-5-14(11-16)25-18(28)13-32-23-26-19-17-8-3-9-24-21(17)33-20(19)22(29)27(23)12-15-6-4-10-30-15/h2-3,5,7-9,11,15H,4,6,10,12-13H2,1H3,(H,25,28). The minimum atomic E-state index is -0.145. The molecule has 0 radical (unpaired) electrons. The summed E-state index contributed by atoms with van der Waals surface area (Å²) in [6, 6.07) is 11.5. The number of carbonyl (C=O) groups excluding carboxylic acids is 1. The van der Waals surface area contributed by atoms with Gasteiger partial charge in [0.15, 0.2) is 5.16 Å². The van der Waals surface area contributed by atoms with Crippen molar-refractivity contribution in [3.8, 4) is 0 Å². The number of ether oxygens (including phenoxy) is 1. The van der Waals surface area contributed by atoms with Gasteiger partial charge in [-0.05, 0) is 49.4 Å². The van der Waals surface area contributed by atoms with Gasteiger partial charge in [-0.1, -0.05) is 17.8 Å². The van der Waals surface area contributed by atoms with Gasteiger partial charge in [-0.15, -0.1) is 23.1 Å². The van der Waals surface area contributed by atoms with E-state index >= 15 is 0 Å². The van der Waals surface area contributed by atoms with Crippen molar-refractivity contribution in [3.63, 3.8) is 0 Å². The van der Waals surface area contributed by atoms with Crippen molar-refractivity contribution in [1.82, 2.24) is 14.5 Å². The summed E-state index contributed by atoms with van der Waals surface area (Å²) in [7, 11) is 0. The average molecular weight is 499 g/mol. The second-order valence-corrected chi connectivity index (χ2v) is 10.5. The zero-order chi connectivity index (χ0) is 22.8. The van der Waals surface area contributed by atoms with Crippen LogP contribution in [0.15, 0.2) is 57.4 Å². The zero-order valence-electron chi connectivity index (χ0n) is 17.9. The first-order chi connectivity index (χ1) is 16.1. The van der Waals surface area contributed by atoms with Crippen LogP contribution in [0.1, 0.15) is 12.8 Å². The first-order valence-electron chi connectivity index (χ1n) is 10.6. The zero-order valence-corrected chi connectivity index (χ0v) is 20.4. The van der Waals surface area contributed by atoms with Crippen LogP contribution < -0.4 is 10.9 Å². The molecule has 1 fully saturated rings. The number of rotatable bonds is 7. The summed E-state index contributed by atoms with van der Waals surface area (Å²) in [6.07, 6.45) is 5.60. The fourth-order valence-corrected chi connectivity index (χ4v) is 6.12. The Hall–Kier alpha value is -2.40. The van der Waals surface area contributed by atoms with E-state index in [1.165, 1.54) is 23.1 Å². The molecule has 5 rings (SSSR count). The van der Waals surface area contributed by atoms with Crippen LogP contribution in [0.4, 0.5) is 5.69 Å². The summed E-state index contributed by atoms with van der Waals surface area (Å²) < 4.78 is 8.03. The van der Waals surface area contributed by atoms with E-state index in [9.17, 15) is 9.59 Å². The minimum Gasteiger partial charge on any atom is -0.376 e. The molecule has 4 aromatic rings. The summed E-state index contributed by atoms with van der Waals surface area (Å²) >= 11 is 4.25. The molecule has 7 nitrogen and oxygen atoms in total. The molecule has 4 heterocycles. The molecular formula is C23H22N4O3S3. The summed E-state index contributed by atoms with van der Waals surface area (Å²) in [6.45, 7) is 1.14. The highest BCUT2D eigenvalue weighted by Crippen LogP contribution is 2.31. The smallest absolute Gasteiger partial charge is 0.272 e. The van der Waals surface area contributed by atoms with E-state index in [0.717, 1.165) is 33.6 Å². The van der Waals surface area contributed by atoms with Crippen molar-refractivity contribution in [1.29, 1.82) is 0 Å². The van der Waals surface area contributed by atoms with Gasteiger partial charge in [0, 0.05) is 28.8 Å². The summed E-state index contributed by atoms with van der Waals surface area (Å²) in [5.41, 5.74) is 1.30. The third kappa shape index (κ3) is 4.79. The van der Waals surface area contributed by atoms with Gasteiger partial charge < -0.3 is 10.1 Å². The molecule has 170 valence electrons. The first-order valence-corrected chi connectivity index (χ1v) is 13.6. The molecule has 3 aromatic heterocycles. The van der Waals surface area contributed by atoms with E-state index in [-0.39, 0.29) is 23.3 Å². The van der Waals surface area contributed by atoms with Crippen LogP contribution in [-0.2, 0) is 16.1 Å². The van der Waals surface area contributed by atoms with Gasteiger partial charge in [0.05, 0.1) is 23.9 Å². The SMILES string of the molecule is CSc1cccc(NC(=O)CSc2nc3c(sc4ncccc43)c(=O)n2CC2CCCO2)c1. The van der Waals surface area contributed by atoms with Crippen LogP contribution in [0.3, 0.4) is 0 Å². The monoisotopic (exact) mass is 498 g/mol. The van der Waals surface area contributed by atoms with Gasteiger partial charge in [0.25, 0.3) is 5.56 Å². The Morgan fingerprint density at radius 2 is 2.24 bits per heavy atom. The first kappa shape index (κ1) is 22.4. The molecule has 0 spiro atoms. The highest BCUT2D eigenvalue weighted by atomic mass is 32.2. The highest BCUT2D eigenvalue weighted by Gasteiger charge is 2.22. The summed E-state index contributed by atoms with van der Waals surface area (Å²) in [5.74, 6) is 0.000847. The van der Waals surface area contributed by atoms with Crippen molar-refractivity contribution in [3.05, 3.63) is 52.9 Å². The van der Waals surface area contributed by atoms with E-state index in [1.54, 1.807) is 22.5 Å². The van der Waals surface area contributed by atoms with Gasteiger partial charge in [0.2, 0.25) is 5.91 Å². The Labute approximate surface area is 203 Å². The minimum absolute atomic E-state index is 0.0167. The quantitative estimate of drug-likeness (QED) is 0.293. The number of hydrogen-bond donors (Lipinski definition) is 1. The van der Waals surface area contributed by atoms with Crippen molar-refractivity contribution in [2.24, 2.45) is 0 Å². The number of thiophene rings is 1. The van der Waals surface area contributed by atoms with Crippen LogP contribution >= 0.6 is 34.9 Å². The van der Waals surface area contributed by atoms with E-state index in [1.807, 2.05) is 42.7 Å². The van der Waals surface area contributed by atoms with E-state index in [2.05, 4.69) is 10.3 Å². The molecule has 10 heteroatoms. The number of nitrogens with zero attached hydrogens (tertiary/aromatic N) is 3. The number of anilines is 1. The molecule has 0 bridgehead atoms. The number of fused-ring (bicyclic) bond motifs is 3. The number of aromatic nitrogens is 3. The highest BCUT2D eigenvalue weighted by molar-refractivity contribution is 7.99. The number of nitrogens with one attached hydrogen (secondary N) is 1. The molecule has 1 aromatic carbocycles. The van der Waals surface area contributed by atoms with Gasteiger partial charge in [-0.3, -0.25) is 14.2 Å². The lowest BCUT2D eigenvalue weighted by molar-refractivity contribution is -0.113. The van der Waals surface area contributed by atoms with Crippen LogP contribution in [0.2, 0.25) is 0 Å². The molecular weight excluding hydrogens is 476 g/mol. The molecule has 1 atom stereocenters. The van der Waals surface area contributed by atoms with E-state index in [4.69, 9.17) is 9.72 Å². The number of hydrogen-bond acceptors (Lipinski definition) is 8. The number of carbonyl (C=O) groups is 1. The third-order valence-electron chi connectivity index (χ3n) is 5.41. The van der Waals surface area contributed by atoms with Gasteiger partial charge in [-0.2, -0.15) is 0 Å². The van der Waals surface area contributed by atoms with Crippen molar-refractivity contribution < 1.29 is 9.53 Å². The van der Waals surface area contributed by atoms with Gasteiger partial charge >= 0.3 is 0 Å². The van der Waals surface area contributed by atoms with Crippen molar-refractivity contribution >= 4 is 66.9 Å². The maximum atomic E-state index is 13.4. The summed E-state index contributed by atoms with van der Waals surface area (Å²) in [5, 5.41) is 4.32. The van der Waals surface area contributed by atoms with Crippen LogP contribution in [0, 0.1) is 0 Å². The lowest BCUT2D eigenvalue weighted by Gasteiger charge is -2.15. The predicted molar refractivity (Wildman–Crippen MR) is 136 cm³/mol. The van der Waals surface area contributed by atoms with Crippen molar-refractivity contribution in [2.45, 2.75) is 35.5 Å². The molecule has 1 aliphatic rings. The lowest BCUT2D eigenvalue weighted by atomic mass is 10.2. The fourth-order valence-electron chi connectivity index (χ4n) is 3.83.